The minimum Gasteiger partial charge on any atom is -0.373 e. The molecule has 1 N–H and O–H groups in total. The molecule has 3 heteroatoms. The number of rotatable bonds is 3. The predicted molar refractivity (Wildman–Crippen MR) is 53.3 cm³/mol. The molecular formula is C10H14N2O. The van der Waals surface area contributed by atoms with Gasteiger partial charge in [0.1, 0.15) is 5.82 Å². The molecule has 13 heavy (non-hydrogen) atoms. The monoisotopic (exact) mass is 178 g/mol. The van der Waals surface area contributed by atoms with Crippen molar-refractivity contribution >= 4 is 12.1 Å². The molecule has 70 valence electrons. The molecule has 1 aromatic rings. The average Bonchev–Trinajstić information content (AvgIpc) is 2.16. The second-order valence-electron chi connectivity index (χ2n) is 3.19. The summed E-state index contributed by atoms with van der Waals surface area (Å²) in [5.74, 6) is 0.997. The number of carbonyl (C=O) groups is 1. The minimum absolute atomic E-state index is 0.343. The molecule has 1 aromatic heterocycles. The van der Waals surface area contributed by atoms with Crippen LogP contribution >= 0.6 is 0 Å². The second-order valence-corrected chi connectivity index (χ2v) is 3.19. The lowest BCUT2D eigenvalue weighted by Crippen LogP contribution is -2.03. The Hall–Kier alpha value is -1.38. The summed E-state index contributed by atoms with van der Waals surface area (Å²) >= 11 is 0. The number of aldehydes is 1. The summed E-state index contributed by atoms with van der Waals surface area (Å²) in [6, 6.07) is 1.88. The Morgan fingerprint density at radius 3 is 2.69 bits per heavy atom. The van der Waals surface area contributed by atoms with E-state index in [2.05, 4.69) is 24.1 Å². The zero-order chi connectivity index (χ0) is 9.84. The van der Waals surface area contributed by atoms with Crippen molar-refractivity contribution in [1.82, 2.24) is 4.98 Å². The topological polar surface area (TPSA) is 42.0 Å². The Kier molecular flexibility index (Phi) is 3.01. The fourth-order valence-corrected chi connectivity index (χ4v) is 1.31. The predicted octanol–water partition coefficient (Wildman–Crippen LogP) is 2.06. The molecule has 0 aromatic carbocycles. The van der Waals surface area contributed by atoms with E-state index in [1.54, 1.807) is 13.2 Å². The van der Waals surface area contributed by atoms with E-state index in [1.807, 2.05) is 6.07 Å². The van der Waals surface area contributed by atoms with Gasteiger partial charge in [-0.15, -0.1) is 0 Å². The van der Waals surface area contributed by atoms with E-state index in [1.165, 1.54) is 0 Å². The molecule has 0 unspecified atom stereocenters. The number of nitrogens with one attached hydrogen (secondary N) is 1. The van der Waals surface area contributed by atoms with Gasteiger partial charge in [-0.1, -0.05) is 13.8 Å². The van der Waals surface area contributed by atoms with Crippen molar-refractivity contribution < 1.29 is 4.79 Å². The molecule has 1 rings (SSSR count). The van der Waals surface area contributed by atoms with Crippen molar-refractivity contribution in [3.63, 3.8) is 0 Å². The van der Waals surface area contributed by atoms with Crippen molar-refractivity contribution in [1.29, 1.82) is 0 Å². The fraction of sp³-hybridized carbons (Fsp3) is 0.400. The fourth-order valence-electron chi connectivity index (χ4n) is 1.31. The number of nitrogens with zero attached hydrogens (tertiary/aromatic N) is 1. The van der Waals surface area contributed by atoms with Gasteiger partial charge in [0.15, 0.2) is 6.29 Å². The molecule has 0 atom stereocenters. The standard InChI is InChI=1S/C10H14N2O/c1-7(2)8-4-5-12-10(11-3)9(8)6-13/h4-7H,1-3H3,(H,11,12). The van der Waals surface area contributed by atoms with Crippen molar-refractivity contribution in [2.75, 3.05) is 12.4 Å². The molecule has 0 saturated carbocycles. The van der Waals surface area contributed by atoms with E-state index in [-0.39, 0.29) is 0 Å². The molecule has 0 bridgehead atoms. The average molecular weight is 178 g/mol. The van der Waals surface area contributed by atoms with Gasteiger partial charge in [0.05, 0.1) is 5.56 Å². The van der Waals surface area contributed by atoms with Crippen LogP contribution in [0.25, 0.3) is 0 Å². The quantitative estimate of drug-likeness (QED) is 0.720. The van der Waals surface area contributed by atoms with Crippen LogP contribution in [0.3, 0.4) is 0 Å². The lowest BCUT2D eigenvalue weighted by molar-refractivity contribution is 0.112. The van der Waals surface area contributed by atoms with E-state index < -0.39 is 0 Å². The van der Waals surface area contributed by atoms with E-state index in [0.717, 1.165) is 11.8 Å². The van der Waals surface area contributed by atoms with Crippen LogP contribution in [0.15, 0.2) is 12.3 Å². The summed E-state index contributed by atoms with van der Waals surface area (Å²) in [6.07, 6.45) is 2.57. The smallest absolute Gasteiger partial charge is 0.154 e. The highest BCUT2D eigenvalue weighted by molar-refractivity contribution is 5.84. The van der Waals surface area contributed by atoms with Crippen LogP contribution in [0.1, 0.15) is 35.7 Å². The normalized spacial score (nSPS) is 10.2. The Bertz CT molecular complexity index is 308. The van der Waals surface area contributed by atoms with E-state index in [0.29, 0.717) is 17.3 Å². The van der Waals surface area contributed by atoms with Crippen molar-refractivity contribution in [3.05, 3.63) is 23.4 Å². The maximum absolute atomic E-state index is 10.8. The minimum atomic E-state index is 0.343. The van der Waals surface area contributed by atoms with Crippen LogP contribution in [0.5, 0.6) is 0 Å². The molecule has 0 amide bonds. The van der Waals surface area contributed by atoms with E-state index in [4.69, 9.17) is 0 Å². The molecule has 0 fully saturated rings. The van der Waals surface area contributed by atoms with Crippen LogP contribution in [0.4, 0.5) is 5.82 Å². The molecule has 0 aliphatic rings. The Morgan fingerprint density at radius 1 is 1.54 bits per heavy atom. The number of hydrogen-bond donors (Lipinski definition) is 1. The SMILES string of the molecule is CNc1nccc(C(C)C)c1C=O. The van der Waals surface area contributed by atoms with Gasteiger partial charge in [-0.05, 0) is 17.5 Å². The number of anilines is 1. The van der Waals surface area contributed by atoms with Crippen molar-refractivity contribution in [2.24, 2.45) is 0 Å². The van der Waals surface area contributed by atoms with Gasteiger partial charge in [-0.25, -0.2) is 4.98 Å². The number of carbonyl (C=O) groups excluding carboxylic acids is 1. The Labute approximate surface area is 78.2 Å². The first kappa shape index (κ1) is 9.71. The van der Waals surface area contributed by atoms with Gasteiger partial charge >= 0.3 is 0 Å². The van der Waals surface area contributed by atoms with Crippen molar-refractivity contribution in [3.8, 4) is 0 Å². The van der Waals surface area contributed by atoms with Gasteiger partial charge in [0.25, 0.3) is 0 Å². The molecule has 3 nitrogen and oxygen atoms in total. The molecule has 0 aliphatic heterocycles. The number of hydrogen-bond acceptors (Lipinski definition) is 3. The largest absolute Gasteiger partial charge is 0.373 e. The summed E-state index contributed by atoms with van der Waals surface area (Å²) in [4.78, 5) is 14.9. The first-order chi connectivity index (χ1) is 6.20. The Balaban J connectivity index is 3.27. The van der Waals surface area contributed by atoms with Crippen LogP contribution in [0, 0.1) is 0 Å². The number of pyridine rings is 1. The summed E-state index contributed by atoms with van der Waals surface area (Å²) < 4.78 is 0. The van der Waals surface area contributed by atoms with E-state index >= 15 is 0 Å². The van der Waals surface area contributed by atoms with Gasteiger partial charge in [0, 0.05) is 13.2 Å². The zero-order valence-electron chi connectivity index (χ0n) is 8.16. The molecule has 0 aliphatic carbocycles. The van der Waals surface area contributed by atoms with Crippen LogP contribution in [-0.2, 0) is 0 Å². The lowest BCUT2D eigenvalue weighted by atomic mass is 9.99. The van der Waals surface area contributed by atoms with Gasteiger partial charge in [0.2, 0.25) is 0 Å². The van der Waals surface area contributed by atoms with Crippen LogP contribution in [0.2, 0.25) is 0 Å². The summed E-state index contributed by atoms with van der Waals surface area (Å²) in [6.45, 7) is 4.11. The molecule has 0 saturated heterocycles. The third-order valence-corrected chi connectivity index (χ3v) is 2.00. The number of aromatic nitrogens is 1. The van der Waals surface area contributed by atoms with E-state index in [9.17, 15) is 4.79 Å². The van der Waals surface area contributed by atoms with Gasteiger partial charge in [-0.3, -0.25) is 4.79 Å². The van der Waals surface area contributed by atoms with Crippen molar-refractivity contribution in [2.45, 2.75) is 19.8 Å². The highest BCUT2D eigenvalue weighted by atomic mass is 16.1. The van der Waals surface area contributed by atoms with Crippen LogP contribution in [-0.4, -0.2) is 18.3 Å². The van der Waals surface area contributed by atoms with Gasteiger partial charge in [-0.2, -0.15) is 0 Å². The van der Waals surface area contributed by atoms with Crippen LogP contribution < -0.4 is 5.32 Å². The first-order valence-electron chi connectivity index (χ1n) is 4.32. The maximum Gasteiger partial charge on any atom is 0.154 e. The lowest BCUT2D eigenvalue weighted by Gasteiger charge is -2.11. The Morgan fingerprint density at radius 2 is 2.23 bits per heavy atom. The first-order valence-corrected chi connectivity index (χ1v) is 4.32. The zero-order valence-corrected chi connectivity index (χ0v) is 8.16. The maximum atomic E-state index is 10.8. The third kappa shape index (κ3) is 1.86. The third-order valence-electron chi connectivity index (χ3n) is 2.00. The second kappa shape index (κ2) is 4.03. The molecule has 1 heterocycles. The highest BCUT2D eigenvalue weighted by Gasteiger charge is 2.09. The summed E-state index contributed by atoms with van der Waals surface area (Å²) in [5, 5.41) is 2.90. The molecular weight excluding hydrogens is 164 g/mol. The molecule has 0 spiro atoms. The molecule has 0 radical (unpaired) electrons. The summed E-state index contributed by atoms with van der Waals surface area (Å²) in [5.41, 5.74) is 1.70. The van der Waals surface area contributed by atoms with Gasteiger partial charge < -0.3 is 5.32 Å². The highest BCUT2D eigenvalue weighted by Crippen LogP contribution is 2.21. The summed E-state index contributed by atoms with van der Waals surface area (Å²) in [7, 11) is 1.76.